The van der Waals surface area contributed by atoms with E-state index in [1.807, 2.05) is 6.07 Å². The predicted molar refractivity (Wildman–Crippen MR) is 162 cm³/mol. The molecular weight excluding hydrogens is 625 g/mol. The lowest BCUT2D eigenvalue weighted by Gasteiger charge is -2.33. The topological polar surface area (TPSA) is 68.8 Å². The Bertz CT molecular complexity index is 1540. The number of fused-ring (bicyclic) bond motifs is 1. The zero-order chi connectivity index (χ0) is 32.2. The minimum Gasteiger partial charge on any atom is -0.482 e. The van der Waals surface area contributed by atoms with Crippen molar-refractivity contribution in [2.45, 2.75) is 56.5 Å². The number of piperidine rings is 1. The van der Waals surface area contributed by atoms with Crippen LogP contribution in [0.15, 0.2) is 30.3 Å². The molecule has 5 rings (SSSR count). The molecule has 3 aromatic rings. The van der Waals surface area contributed by atoms with Gasteiger partial charge in [0.1, 0.15) is 11.6 Å². The molecule has 1 aliphatic heterocycles. The van der Waals surface area contributed by atoms with Crippen molar-refractivity contribution in [2.75, 3.05) is 55.3 Å². The smallest absolute Gasteiger partial charge is 0.422 e. The van der Waals surface area contributed by atoms with Gasteiger partial charge in [-0.3, -0.25) is 0 Å². The molecule has 1 aliphatic carbocycles. The van der Waals surface area contributed by atoms with Crippen LogP contribution in [-0.2, 0) is 6.42 Å². The zero-order valence-electron chi connectivity index (χ0n) is 24.2. The van der Waals surface area contributed by atoms with Crippen LogP contribution in [-0.4, -0.2) is 73.8 Å². The van der Waals surface area contributed by atoms with Crippen molar-refractivity contribution in [3.05, 3.63) is 46.6 Å². The van der Waals surface area contributed by atoms with Gasteiger partial charge in [-0.05, 0) is 42.7 Å². The summed E-state index contributed by atoms with van der Waals surface area (Å²) >= 11 is 1.15. The van der Waals surface area contributed by atoms with Crippen LogP contribution in [0.5, 0.6) is 5.75 Å². The summed E-state index contributed by atoms with van der Waals surface area (Å²) < 4.78 is 99.5. The molecule has 2 fully saturated rings. The van der Waals surface area contributed by atoms with Crippen molar-refractivity contribution in [3.8, 4) is 17.6 Å². The van der Waals surface area contributed by atoms with Gasteiger partial charge in [0, 0.05) is 43.9 Å². The molecule has 1 saturated carbocycles. The number of anilines is 3. The Morgan fingerprint density at radius 3 is 2.38 bits per heavy atom. The molecular formula is C31H33F7N4O2S. The Morgan fingerprint density at radius 2 is 1.71 bits per heavy atom. The maximum Gasteiger partial charge on any atom is 0.422 e. The SMILES string of the molecule is OCCNc1cc(OCC(F)(F)F)c(NCC#Cc2sc3c(NC4CCN(C5CC5)CC4)cccc3c2CC(F)(F)F)cc1F. The van der Waals surface area contributed by atoms with Crippen LogP contribution >= 0.6 is 11.3 Å². The number of likely N-dealkylation sites (tertiary alicyclic amines) is 1. The average Bonchev–Trinajstić information content (AvgIpc) is 3.77. The molecule has 0 bridgehead atoms. The minimum atomic E-state index is -4.65. The predicted octanol–water partition coefficient (Wildman–Crippen LogP) is 6.99. The zero-order valence-corrected chi connectivity index (χ0v) is 25.0. The van der Waals surface area contributed by atoms with Crippen LogP contribution in [0.3, 0.4) is 0 Å². The number of halogens is 7. The molecule has 1 saturated heterocycles. The number of thiophene rings is 1. The summed E-state index contributed by atoms with van der Waals surface area (Å²) in [6.45, 7) is -0.243. The van der Waals surface area contributed by atoms with Crippen LogP contribution < -0.4 is 20.7 Å². The maximum atomic E-state index is 14.6. The first kappa shape index (κ1) is 33.0. The first-order valence-corrected chi connectivity index (χ1v) is 15.4. The molecule has 0 amide bonds. The fraction of sp³-hybridized carbons (Fsp3) is 0.484. The van der Waals surface area contributed by atoms with Crippen LogP contribution in [0.4, 0.5) is 47.8 Å². The number of alkyl halides is 6. The van der Waals surface area contributed by atoms with Crippen molar-refractivity contribution in [1.82, 2.24) is 4.90 Å². The third kappa shape index (κ3) is 9.08. The summed E-state index contributed by atoms with van der Waals surface area (Å²) in [4.78, 5) is 2.72. The molecule has 6 nitrogen and oxygen atoms in total. The molecule has 0 spiro atoms. The van der Waals surface area contributed by atoms with E-state index in [-0.39, 0.29) is 53.3 Å². The first-order chi connectivity index (χ1) is 21.4. The number of hydrogen-bond donors (Lipinski definition) is 4. The number of benzene rings is 2. The van der Waals surface area contributed by atoms with Crippen molar-refractivity contribution in [2.24, 2.45) is 0 Å². The molecule has 0 atom stereocenters. The van der Waals surface area contributed by atoms with Gasteiger partial charge in [-0.1, -0.05) is 24.0 Å². The average molecular weight is 659 g/mol. The summed E-state index contributed by atoms with van der Waals surface area (Å²) in [6.07, 6.45) is -5.92. The molecule has 0 unspecified atom stereocenters. The lowest BCUT2D eigenvalue weighted by Crippen LogP contribution is -2.40. The van der Waals surface area contributed by atoms with E-state index in [1.54, 1.807) is 12.1 Å². The van der Waals surface area contributed by atoms with Crippen molar-refractivity contribution >= 4 is 38.5 Å². The summed E-state index contributed by atoms with van der Waals surface area (Å²) in [5, 5.41) is 18.2. The van der Waals surface area contributed by atoms with Crippen molar-refractivity contribution in [3.63, 3.8) is 0 Å². The second kappa shape index (κ2) is 13.9. The number of aliphatic hydroxyl groups excluding tert-OH is 1. The molecule has 1 aromatic heterocycles. The molecule has 2 aliphatic rings. The fourth-order valence-electron chi connectivity index (χ4n) is 5.39. The molecule has 45 heavy (non-hydrogen) atoms. The second-order valence-corrected chi connectivity index (χ2v) is 12.1. The second-order valence-electron chi connectivity index (χ2n) is 11.1. The summed E-state index contributed by atoms with van der Waals surface area (Å²) in [5.41, 5.74) is 0.528. The molecule has 4 N–H and O–H groups in total. The van der Waals surface area contributed by atoms with Gasteiger partial charge >= 0.3 is 12.4 Å². The van der Waals surface area contributed by atoms with Crippen LogP contribution in [0.25, 0.3) is 10.1 Å². The van der Waals surface area contributed by atoms with E-state index in [4.69, 9.17) is 9.84 Å². The summed E-state index contributed by atoms with van der Waals surface area (Å²) in [7, 11) is 0. The van der Waals surface area contributed by atoms with Crippen molar-refractivity contribution in [1.29, 1.82) is 0 Å². The van der Waals surface area contributed by atoms with Crippen LogP contribution in [0.1, 0.15) is 36.1 Å². The third-order valence-electron chi connectivity index (χ3n) is 7.61. The van der Waals surface area contributed by atoms with Crippen molar-refractivity contribution < 1.29 is 40.6 Å². The molecule has 0 radical (unpaired) electrons. The minimum absolute atomic E-state index is 0.0414. The molecule has 2 heterocycles. The van der Waals surface area contributed by atoms with Gasteiger partial charge in [-0.2, -0.15) is 26.3 Å². The van der Waals surface area contributed by atoms with E-state index in [2.05, 4.69) is 32.7 Å². The van der Waals surface area contributed by atoms with Crippen LogP contribution in [0.2, 0.25) is 0 Å². The van der Waals surface area contributed by atoms with Gasteiger partial charge in [0.2, 0.25) is 0 Å². The monoisotopic (exact) mass is 658 g/mol. The van der Waals surface area contributed by atoms with E-state index in [0.29, 0.717) is 16.1 Å². The van der Waals surface area contributed by atoms with Gasteiger partial charge in [-0.25, -0.2) is 4.39 Å². The fourth-order valence-corrected chi connectivity index (χ4v) is 6.56. The number of ether oxygens (including phenoxy) is 1. The number of hydrogen-bond acceptors (Lipinski definition) is 7. The largest absolute Gasteiger partial charge is 0.482 e. The molecule has 2 aromatic carbocycles. The number of nitrogens with one attached hydrogen (secondary N) is 3. The Kier molecular flexibility index (Phi) is 10.2. The van der Waals surface area contributed by atoms with E-state index in [0.717, 1.165) is 55.1 Å². The highest BCUT2D eigenvalue weighted by Gasteiger charge is 2.33. The maximum absolute atomic E-state index is 14.6. The highest BCUT2D eigenvalue weighted by molar-refractivity contribution is 7.20. The standard InChI is InChI=1S/C31H33F7N4O2S/c32-23-15-26(27(44-18-31(36,37)38)16-25(23)40-11-14-43)39-10-2-5-28-22(17-30(33,34)35)21-3-1-4-24(29(21)45-28)41-19-8-12-42(13-9-19)20-6-7-20/h1,3-4,15-16,19-20,39-41,43H,6-14,17-18H2. The summed E-state index contributed by atoms with van der Waals surface area (Å²) in [5.74, 6) is 4.41. The first-order valence-electron chi connectivity index (χ1n) is 14.6. The number of nitrogens with zero attached hydrogens (tertiary/aromatic N) is 1. The van der Waals surface area contributed by atoms with Gasteiger partial charge in [0.15, 0.2) is 6.61 Å². The van der Waals surface area contributed by atoms with E-state index < -0.39 is 31.2 Å². The Balaban J connectivity index is 1.35. The normalized spacial score (nSPS) is 16.4. The quantitative estimate of drug-likeness (QED) is 0.132. The highest BCUT2D eigenvalue weighted by Crippen LogP contribution is 2.40. The van der Waals surface area contributed by atoms with E-state index in [9.17, 15) is 30.7 Å². The number of rotatable bonds is 11. The van der Waals surface area contributed by atoms with Gasteiger partial charge in [0.05, 0.1) is 46.2 Å². The van der Waals surface area contributed by atoms with Crippen LogP contribution in [0, 0.1) is 17.7 Å². The molecule has 14 heteroatoms. The summed E-state index contributed by atoms with van der Waals surface area (Å²) in [6, 6.07) is 8.09. The van der Waals surface area contributed by atoms with E-state index >= 15 is 0 Å². The van der Waals surface area contributed by atoms with Gasteiger partial charge in [-0.15, -0.1) is 11.3 Å². The lowest BCUT2D eigenvalue weighted by atomic mass is 10.0. The number of aliphatic hydroxyl groups is 1. The Morgan fingerprint density at radius 1 is 0.956 bits per heavy atom. The third-order valence-corrected chi connectivity index (χ3v) is 8.80. The molecule has 244 valence electrons. The lowest BCUT2D eigenvalue weighted by molar-refractivity contribution is -0.153. The Labute approximate surface area is 259 Å². The van der Waals surface area contributed by atoms with E-state index in [1.165, 1.54) is 12.8 Å². The highest BCUT2D eigenvalue weighted by atomic mass is 32.1. The van der Waals surface area contributed by atoms with Gasteiger partial charge in [0.25, 0.3) is 0 Å². The van der Waals surface area contributed by atoms with Gasteiger partial charge < -0.3 is 30.7 Å². The Hall–Kier alpha value is -3.41.